The Morgan fingerprint density at radius 1 is 1.10 bits per heavy atom. The number of nitrogens with zero attached hydrogens (tertiary/aromatic N) is 3. The summed E-state index contributed by atoms with van der Waals surface area (Å²) in [6.45, 7) is 2.02. The molecule has 0 atom stereocenters. The molecular formula is C21H16N6OS. The lowest BCUT2D eigenvalue weighted by molar-refractivity contribution is 0.262. The molecule has 0 aliphatic heterocycles. The van der Waals surface area contributed by atoms with Gasteiger partial charge in [-0.3, -0.25) is 0 Å². The van der Waals surface area contributed by atoms with Crippen molar-refractivity contribution in [3.63, 3.8) is 0 Å². The summed E-state index contributed by atoms with van der Waals surface area (Å²) in [5.41, 5.74) is 9.72. The van der Waals surface area contributed by atoms with Gasteiger partial charge < -0.3 is 16.4 Å². The maximum Gasteiger partial charge on any atom is 0.323 e. The molecule has 2 aromatic carbocycles. The Bertz CT molecular complexity index is 1260. The first-order valence-electron chi connectivity index (χ1n) is 8.73. The lowest BCUT2D eigenvalue weighted by Gasteiger charge is -2.09. The highest BCUT2D eigenvalue weighted by molar-refractivity contribution is 7.19. The minimum absolute atomic E-state index is 0.386. The molecule has 0 spiro atoms. The number of thiophene rings is 1. The van der Waals surface area contributed by atoms with E-state index in [1.165, 1.54) is 6.33 Å². The van der Waals surface area contributed by atoms with Crippen molar-refractivity contribution in [2.24, 2.45) is 0 Å². The highest BCUT2D eigenvalue weighted by Crippen LogP contribution is 2.39. The Hall–Kier alpha value is -3.96. The first-order chi connectivity index (χ1) is 14.0. The van der Waals surface area contributed by atoms with Crippen LogP contribution < -0.4 is 16.4 Å². The summed E-state index contributed by atoms with van der Waals surface area (Å²) >= 11 is 1.57. The van der Waals surface area contributed by atoms with Gasteiger partial charge in [-0.15, -0.1) is 11.3 Å². The van der Waals surface area contributed by atoms with E-state index < -0.39 is 0 Å². The van der Waals surface area contributed by atoms with Crippen molar-refractivity contribution in [2.75, 3.05) is 16.4 Å². The molecule has 0 fully saturated rings. The van der Waals surface area contributed by atoms with Crippen molar-refractivity contribution in [1.82, 2.24) is 9.97 Å². The van der Waals surface area contributed by atoms with Crippen molar-refractivity contribution in [1.29, 1.82) is 5.26 Å². The van der Waals surface area contributed by atoms with Gasteiger partial charge in [-0.2, -0.15) is 5.26 Å². The van der Waals surface area contributed by atoms with E-state index in [1.807, 2.05) is 37.3 Å². The maximum absolute atomic E-state index is 12.2. The number of fused-ring (bicyclic) bond motifs is 1. The van der Waals surface area contributed by atoms with Gasteiger partial charge in [-0.05, 0) is 42.8 Å². The van der Waals surface area contributed by atoms with Gasteiger partial charge in [0.05, 0.1) is 17.0 Å². The predicted octanol–water partition coefficient (Wildman–Crippen LogP) is 4.76. The molecule has 2 amide bonds. The van der Waals surface area contributed by atoms with Crippen LogP contribution in [0.3, 0.4) is 0 Å². The smallest absolute Gasteiger partial charge is 0.323 e. The number of benzene rings is 2. The van der Waals surface area contributed by atoms with Crippen LogP contribution in [0.15, 0.2) is 54.9 Å². The molecule has 0 radical (unpaired) electrons. The minimum Gasteiger partial charge on any atom is -0.383 e. The lowest BCUT2D eigenvalue weighted by Crippen LogP contribution is -2.19. The van der Waals surface area contributed by atoms with Crippen LogP contribution >= 0.6 is 11.3 Å². The fourth-order valence-electron chi connectivity index (χ4n) is 3.09. The van der Waals surface area contributed by atoms with Gasteiger partial charge in [-0.1, -0.05) is 18.2 Å². The van der Waals surface area contributed by atoms with E-state index in [9.17, 15) is 4.79 Å². The Morgan fingerprint density at radius 2 is 1.86 bits per heavy atom. The summed E-state index contributed by atoms with van der Waals surface area (Å²) in [6, 6.07) is 15.9. The molecule has 4 rings (SSSR count). The molecule has 4 aromatic rings. The first kappa shape index (κ1) is 18.4. The third kappa shape index (κ3) is 3.72. The van der Waals surface area contributed by atoms with Crippen LogP contribution in [0.1, 0.15) is 10.4 Å². The summed E-state index contributed by atoms with van der Waals surface area (Å²) in [4.78, 5) is 22.6. The maximum atomic E-state index is 12.2. The zero-order chi connectivity index (χ0) is 20.4. The largest absolute Gasteiger partial charge is 0.383 e. The highest BCUT2D eigenvalue weighted by Gasteiger charge is 2.15. The van der Waals surface area contributed by atoms with E-state index >= 15 is 0 Å². The Labute approximate surface area is 170 Å². The third-order valence-electron chi connectivity index (χ3n) is 4.37. The van der Waals surface area contributed by atoms with Crippen molar-refractivity contribution in [3.05, 3.63) is 65.3 Å². The summed E-state index contributed by atoms with van der Waals surface area (Å²) in [5.74, 6) is 0.454. The number of nitrogen functional groups attached to an aromatic ring is 1. The molecule has 0 aliphatic rings. The second-order valence-electron chi connectivity index (χ2n) is 6.32. The third-order valence-corrected chi connectivity index (χ3v) is 5.39. The number of aromatic nitrogens is 2. The number of rotatable bonds is 3. The zero-order valence-electron chi connectivity index (χ0n) is 15.4. The fraction of sp³-hybridized carbons (Fsp3) is 0.0476. The average molecular weight is 400 g/mol. The normalized spacial score (nSPS) is 10.5. The van der Waals surface area contributed by atoms with Crippen molar-refractivity contribution in [2.45, 2.75) is 6.92 Å². The van der Waals surface area contributed by atoms with Gasteiger partial charge in [0.1, 0.15) is 17.0 Å². The van der Waals surface area contributed by atoms with E-state index in [0.29, 0.717) is 22.8 Å². The van der Waals surface area contributed by atoms with E-state index in [1.54, 1.807) is 35.6 Å². The predicted molar refractivity (Wildman–Crippen MR) is 116 cm³/mol. The highest BCUT2D eigenvalue weighted by atomic mass is 32.1. The van der Waals surface area contributed by atoms with E-state index in [2.05, 4.69) is 20.6 Å². The number of nitrogens with two attached hydrogens (primary N) is 1. The molecular weight excluding hydrogens is 384 g/mol. The van der Waals surface area contributed by atoms with Crippen LogP contribution in [0.5, 0.6) is 0 Å². The Balaban J connectivity index is 1.54. The molecule has 2 heterocycles. The molecule has 0 bridgehead atoms. The number of nitrogens with one attached hydrogen (secondary N) is 2. The van der Waals surface area contributed by atoms with Crippen molar-refractivity contribution >= 4 is 44.8 Å². The summed E-state index contributed by atoms with van der Waals surface area (Å²) in [7, 11) is 0. The number of amides is 2. The van der Waals surface area contributed by atoms with Gasteiger partial charge in [0.25, 0.3) is 0 Å². The number of anilines is 3. The molecule has 0 saturated heterocycles. The summed E-state index contributed by atoms with van der Waals surface area (Å²) in [6.07, 6.45) is 1.47. The Kier molecular flexibility index (Phi) is 4.81. The number of nitriles is 1. The van der Waals surface area contributed by atoms with Gasteiger partial charge in [0.15, 0.2) is 0 Å². The fourth-order valence-corrected chi connectivity index (χ4v) is 4.11. The standard InChI is InChI=1S/C21H16N6OS/c1-12-17(18-19(23)24-11-25-20(18)29-12)14-5-7-15(8-6-14)26-21(28)27-16-4-2-3-13(9-16)10-22/h2-9,11H,1H3,(H2,23,24,25)(H2,26,27,28). The molecule has 0 aliphatic carbocycles. The van der Waals surface area contributed by atoms with Gasteiger partial charge >= 0.3 is 6.03 Å². The molecule has 142 valence electrons. The van der Waals surface area contributed by atoms with Crippen LogP contribution in [-0.2, 0) is 0 Å². The first-order valence-corrected chi connectivity index (χ1v) is 9.55. The number of hydrogen-bond donors (Lipinski definition) is 3. The molecule has 4 N–H and O–H groups in total. The zero-order valence-corrected chi connectivity index (χ0v) is 16.2. The van der Waals surface area contributed by atoms with Gasteiger partial charge in [0.2, 0.25) is 0 Å². The van der Waals surface area contributed by atoms with Crippen molar-refractivity contribution < 1.29 is 4.79 Å². The topological polar surface area (TPSA) is 117 Å². The van der Waals surface area contributed by atoms with Crippen LogP contribution in [0.25, 0.3) is 21.3 Å². The molecule has 8 heteroatoms. The van der Waals surface area contributed by atoms with E-state index in [4.69, 9.17) is 11.0 Å². The number of carbonyl (C=O) groups excluding carboxylic acids is 1. The SMILES string of the molecule is Cc1sc2ncnc(N)c2c1-c1ccc(NC(=O)Nc2cccc(C#N)c2)cc1. The quantitative estimate of drug-likeness (QED) is 0.458. The number of hydrogen-bond acceptors (Lipinski definition) is 6. The summed E-state index contributed by atoms with van der Waals surface area (Å²) < 4.78 is 0. The van der Waals surface area contributed by atoms with Crippen LogP contribution in [0.2, 0.25) is 0 Å². The van der Waals surface area contributed by atoms with Crippen LogP contribution in [0, 0.1) is 18.3 Å². The minimum atomic E-state index is -0.386. The van der Waals surface area contributed by atoms with E-state index in [0.717, 1.165) is 26.2 Å². The van der Waals surface area contributed by atoms with Crippen LogP contribution in [0.4, 0.5) is 22.0 Å². The molecule has 0 unspecified atom stereocenters. The Morgan fingerprint density at radius 3 is 2.62 bits per heavy atom. The average Bonchev–Trinajstić information content (AvgIpc) is 3.06. The van der Waals surface area contributed by atoms with E-state index in [-0.39, 0.29) is 6.03 Å². The lowest BCUT2D eigenvalue weighted by atomic mass is 10.0. The number of carbonyl (C=O) groups is 1. The summed E-state index contributed by atoms with van der Waals surface area (Å²) in [5, 5.41) is 15.3. The van der Waals surface area contributed by atoms with Crippen LogP contribution in [-0.4, -0.2) is 16.0 Å². The van der Waals surface area contributed by atoms with Gasteiger partial charge in [0, 0.05) is 21.8 Å². The van der Waals surface area contributed by atoms with Crippen molar-refractivity contribution in [3.8, 4) is 17.2 Å². The van der Waals surface area contributed by atoms with Gasteiger partial charge in [-0.25, -0.2) is 14.8 Å². The molecule has 2 aromatic heterocycles. The second-order valence-corrected chi connectivity index (χ2v) is 7.52. The second kappa shape index (κ2) is 7.58. The number of aryl methyl sites for hydroxylation is 1. The molecule has 0 saturated carbocycles. The monoisotopic (exact) mass is 400 g/mol. The number of urea groups is 1. The molecule has 7 nitrogen and oxygen atoms in total. The molecule has 29 heavy (non-hydrogen) atoms.